The van der Waals surface area contributed by atoms with Crippen LogP contribution in [0, 0.1) is 5.92 Å². The van der Waals surface area contributed by atoms with Crippen LogP contribution in [0.5, 0.6) is 0 Å². The van der Waals surface area contributed by atoms with Crippen LogP contribution in [0.2, 0.25) is 0 Å². The van der Waals surface area contributed by atoms with Crippen molar-refractivity contribution < 1.29 is 4.79 Å². The Hall–Kier alpha value is -1.88. The lowest BCUT2D eigenvalue weighted by atomic mass is 9.89. The van der Waals surface area contributed by atoms with Gasteiger partial charge in [-0.2, -0.15) is 0 Å². The van der Waals surface area contributed by atoms with Crippen LogP contribution < -0.4 is 0 Å². The molecule has 5 heteroatoms. The maximum Gasteiger partial charge on any atom is 0.222 e. The Bertz CT molecular complexity index is 792. The van der Waals surface area contributed by atoms with Gasteiger partial charge in [-0.1, -0.05) is 0 Å². The van der Waals surface area contributed by atoms with Gasteiger partial charge in [-0.3, -0.25) is 9.69 Å². The summed E-state index contributed by atoms with van der Waals surface area (Å²) in [5.41, 5.74) is 3.77. The SMILES string of the molecule is O=C(CC1CCN2Cc3c([nH]c4ncccc34)CC12)N1CCCCC1. The molecule has 0 bridgehead atoms. The number of nitrogens with zero attached hydrogens (tertiary/aromatic N) is 3. The Morgan fingerprint density at radius 1 is 1.24 bits per heavy atom. The van der Waals surface area contributed by atoms with Crippen LogP contribution in [0.25, 0.3) is 11.0 Å². The van der Waals surface area contributed by atoms with Gasteiger partial charge in [0, 0.05) is 55.8 Å². The Kier molecular flexibility index (Phi) is 3.77. The predicted octanol–water partition coefficient (Wildman–Crippen LogP) is 2.71. The molecule has 2 unspecified atom stereocenters. The number of likely N-dealkylation sites (tertiary alicyclic amines) is 1. The summed E-state index contributed by atoms with van der Waals surface area (Å²) in [6, 6.07) is 4.70. The highest BCUT2D eigenvalue weighted by Crippen LogP contribution is 2.38. The molecule has 2 saturated heterocycles. The number of fused-ring (bicyclic) bond motifs is 4. The normalized spacial score (nSPS) is 26.6. The van der Waals surface area contributed by atoms with E-state index in [1.807, 2.05) is 12.3 Å². The van der Waals surface area contributed by atoms with Crippen molar-refractivity contribution >= 4 is 16.9 Å². The molecule has 0 radical (unpaired) electrons. The van der Waals surface area contributed by atoms with Crippen LogP contribution in [-0.2, 0) is 17.8 Å². The molecule has 5 rings (SSSR count). The fraction of sp³-hybridized carbons (Fsp3) is 0.600. The zero-order valence-electron chi connectivity index (χ0n) is 14.7. The van der Waals surface area contributed by atoms with E-state index in [0.717, 1.165) is 51.1 Å². The van der Waals surface area contributed by atoms with E-state index in [1.54, 1.807) is 0 Å². The first-order valence-electron chi connectivity index (χ1n) is 9.76. The van der Waals surface area contributed by atoms with Crippen molar-refractivity contribution in [2.75, 3.05) is 19.6 Å². The first kappa shape index (κ1) is 15.4. The molecular formula is C20H26N4O. The van der Waals surface area contributed by atoms with E-state index in [-0.39, 0.29) is 0 Å². The smallest absolute Gasteiger partial charge is 0.222 e. The van der Waals surface area contributed by atoms with Crippen molar-refractivity contribution in [2.24, 2.45) is 5.92 Å². The lowest BCUT2D eigenvalue weighted by Gasteiger charge is -2.34. The summed E-state index contributed by atoms with van der Waals surface area (Å²) in [5.74, 6) is 0.887. The fourth-order valence-electron chi connectivity index (χ4n) is 5.11. The first-order valence-corrected chi connectivity index (χ1v) is 9.76. The van der Waals surface area contributed by atoms with Crippen LogP contribution in [0.15, 0.2) is 18.3 Å². The molecule has 0 aliphatic carbocycles. The molecule has 5 heterocycles. The fourth-order valence-corrected chi connectivity index (χ4v) is 5.11. The molecule has 2 fully saturated rings. The van der Waals surface area contributed by atoms with Crippen LogP contribution in [0.3, 0.4) is 0 Å². The Morgan fingerprint density at radius 2 is 2.12 bits per heavy atom. The molecule has 2 aromatic heterocycles. The molecule has 3 aliphatic rings. The van der Waals surface area contributed by atoms with E-state index in [4.69, 9.17) is 0 Å². The minimum Gasteiger partial charge on any atom is -0.343 e. The first-order chi connectivity index (χ1) is 12.3. The Morgan fingerprint density at radius 3 is 3.00 bits per heavy atom. The predicted molar refractivity (Wildman–Crippen MR) is 97.2 cm³/mol. The van der Waals surface area contributed by atoms with Gasteiger partial charge < -0.3 is 9.88 Å². The van der Waals surface area contributed by atoms with Crippen molar-refractivity contribution in [2.45, 2.75) is 51.1 Å². The number of nitrogens with one attached hydrogen (secondary N) is 1. The van der Waals surface area contributed by atoms with E-state index in [9.17, 15) is 4.79 Å². The van der Waals surface area contributed by atoms with Gasteiger partial charge in [-0.05, 0) is 55.8 Å². The van der Waals surface area contributed by atoms with Crippen molar-refractivity contribution in [3.8, 4) is 0 Å². The third-order valence-corrected chi connectivity index (χ3v) is 6.49. The number of carbonyl (C=O) groups excluding carboxylic acids is 1. The third-order valence-electron chi connectivity index (χ3n) is 6.49. The lowest BCUT2D eigenvalue weighted by molar-refractivity contribution is -0.133. The summed E-state index contributed by atoms with van der Waals surface area (Å²) < 4.78 is 0. The van der Waals surface area contributed by atoms with Gasteiger partial charge in [0.05, 0.1) is 0 Å². The van der Waals surface area contributed by atoms with E-state index >= 15 is 0 Å². The molecule has 2 aromatic rings. The van der Waals surface area contributed by atoms with E-state index < -0.39 is 0 Å². The van der Waals surface area contributed by atoms with E-state index in [2.05, 4.69) is 25.8 Å². The molecule has 25 heavy (non-hydrogen) atoms. The summed E-state index contributed by atoms with van der Waals surface area (Å²) >= 11 is 0. The zero-order valence-corrected chi connectivity index (χ0v) is 14.7. The number of amides is 1. The largest absolute Gasteiger partial charge is 0.343 e. The molecule has 0 aromatic carbocycles. The quantitative estimate of drug-likeness (QED) is 0.916. The van der Waals surface area contributed by atoms with Crippen LogP contribution in [0.4, 0.5) is 0 Å². The second-order valence-electron chi connectivity index (χ2n) is 7.92. The molecule has 1 N–H and O–H groups in total. The minimum absolute atomic E-state index is 0.385. The molecule has 1 amide bonds. The van der Waals surface area contributed by atoms with Crippen molar-refractivity contribution in [3.05, 3.63) is 29.6 Å². The average molecular weight is 338 g/mol. The second kappa shape index (κ2) is 6.13. The molecule has 0 spiro atoms. The van der Waals surface area contributed by atoms with Crippen molar-refractivity contribution in [1.82, 2.24) is 19.8 Å². The molecule has 132 valence electrons. The van der Waals surface area contributed by atoms with Gasteiger partial charge in [0.25, 0.3) is 0 Å². The maximum atomic E-state index is 12.7. The number of piperidine rings is 1. The van der Waals surface area contributed by atoms with E-state index in [1.165, 1.54) is 35.9 Å². The minimum atomic E-state index is 0.385. The number of carbonyl (C=O) groups is 1. The second-order valence-corrected chi connectivity index (χ2v) is 7.92. The highest BCUT2D eigenvalue weighted by atomic mass is 16.2. The van der Waals surface area contributed by atoms with Crippen molar-refractivity contribution in [3.63, 3.8) is 0 Å². The lowest BCUT2D eigenvalue weighted by Crippen LogP contribution is -2.41. The van der Waals surface area contributed by atoms with Crippen molar-refractivity contribution in [1.29, 1.82) is 0 Å². The van der Waals surface area contributed by atoms with Gasteiger partial charge >= 0.3 is 0 Å². The monoisotopic (exact) mass is 338 g/mol. The Balaban J connectivity index is 1.33. The number of hydrogen-bond donors (Lipinski definition) is 1. The van der Waals surface area contributed by atoms with Crippen LogP contribution in [-0.4, -0.2) is 51.4 Å². The Labute approximate surface area is 148 Å². The van der Waals surface area contributed by atoms with Crippen LogP contribution in [0.1, 0.15) is 43.4 Å². The molecule has 3 aliphatic heterocycles. The van der Waals surface area contributed by atoms with Gasteiger partial charge in [-0.25, -0.2) is 4.98 Å². The van der Waals surface area contributed by atoms with Gasteiger partial charge in [0.15, 0.2) is 0 Å². The molecule has 2 atom stereocenters. The summed E-state index contributed by atoms with van der Waals surface area (Å²) in [5, 5.41) is 1.27. The topological polar surface area (TPSA) is 52.2 Å². The number of pyridine rings is 1. The summed E-state index contributed by atoms with van der Waals surface area (Å²) in [4.78, 5) is 25.4. The van der Waals surface area contributed by atoms with Gasteiger partial charge in [0.1, 0.15) is 5.65 Å². The number of rotatable bonds is 2. The van der Waals surface area contributed by atoms with Gasteiger partial charge in [-0.15, -0.1) is 0 Å². The number of H-pyrrole nitrogens is 1. The number of hydrogen-bond acceptors (Lipinski definition) is 3. The molecule has 0 saturated carbocycles. The van der Waals surface area contributed by atoms with Gasteiger partial charge in [0.2, 0.25) is 5.91 Å². The maximum absolute atomic E-state index is 12.7. The average Bonchev–Trinajstić information content (AvgIpc) is 3.21. The summed E-state index contributed by atoms with van der Waals surface area (Å²) in [6.07, 6.45) is 8.41. The zero-order chi connectivity index (χ0) is 16.8. The standard InChI is InChI=1S/C20H26N4O/c25-19(23-8-2-1-3-9-23)11-14-6-10-24-13-16-15-5-4-7-21-20(15)22-17(16)12-18(14)24/h4-5,7,14,18H,1-3,6,8-13H2,(H,21,22). The van der Waals surface area contributed by atoms with E-state index in [0.29, 0.717) is 17.9 Å². The highest BCUT2D eigenvalue weighted by Gasteiger charge is 2.40. The summed E-state index contributed by atoms with van der Waals surface area (Å²) in [6.45, 7) is 4.06. The molecule has 5 nitrogen and oxygen atoms in total. The van der Waals surface area contributed by atoms with Crippen LogP contribution >= 0.6 is 0 Å². The highest BCUT2D eigenvalue weighted by molar-refractivity contribution is 5.81. The number of aromatic nitrogens is 2. The molecular weight excluding hydrogens is 312 g/mol. The third kappa shape index (κ3) is 2.65. The number of aromatic amines is 1. The summed E-state index contributed by atoms with van der Waals surface area (Å²) in [7, 11) is 0.